The number of pyridine rings is 1. The molecule has 0 aliphatic rings. The lowest BCUT2D eigenvalue weighted by Gasteiger charge is -2.17. The Morgan fingerprint density at radius 1 is 1.17 bits per heavy atom. The van der Waals surface area contributed by atoms with Gasteiger partial charge in [-0.1, -0.05) is 19.9 Å². The van der Waals surface area contributed by atoms with Gasteiger partial charge in [0.15, 0.2) is 17.0 Å². The maximum absolute atomic E-state index is 12.6. The van der Waals surface area contributed by atoms with Crippen LogP contribution < -0.4 is 16.6 Å². The zero-order valence-electron chi connectivity index (χ0n) is 17.7. The summed E-state index contributed by atoms with van der Waals surface area (Å²) in [5.41, 5.74) is 0.193. The van der Waals surface area contributed by atoms with Crippen molar-refractivity contribution in [2.75, 3.05) is 26.2 Å². The van der Waals surface area contributed by atoms with Crippen molar-refractivity contribution in [3.63, 3.8) is 0 Å². The van der Waals surface area contributed by atoms with Gasteiger partial charge in [0.05, 0.1) is 13.1 Å². The third-order valence-electron chi connectivity index (χ3n) is 5.06. The summed E-state index contributed by atoms with van der Waals surface area (Å²) in [5, 5.41) is 11.6. The van der Waals surface area contributed by atoms with Gasteiger partial charge in [0, 0.05) is 19.4 Å². The van der Waals surface area contributed by atoms with Crippen LogP contribution in [-0.2, 0) is 20.1 Å². The molecular weight excluding hydrogens is 384 g/mol. The van der Waals surface area contributed by atoms with Crippen molar-refractivity contribution in [1.29, 1.82) is 0 Å². The number of rotatable bonds is 10. The van der Waals surface area contributed by atoms with Gasteiger partial charge in [0.25, 0.3) is 5.56 Å². The summed E-state index contributed by atoms with van der Waals surface area (Å²) in [4.78, 5) is 36.1. The van der Waals surface area contributed by atoms with Crippen LogP contribution >= 0.6 is 0 Å². The molecule has 3 heterocycles. The third-order valence-corrected chi connectivity index (χ3v) is 5.06. The SMILES string of the molecule is CCN(CC)CCCNCc1nnc2c(n1)c(=O)n(C)c(=O)n2Cc1cccnc1. The largest absolute Gasteiger partial charge is 0.332 e. The minimum absolute atomic E-state index is 0.135. The van der Waals surface area contributed by atoms with Gasteiger partial charge in [-0.25, -0.2) is 9.78 Å². The van der Waals surface area contributed by atoms with E-state index in [0.29, 0.717) is 12.4 Å². The normalized spacial score (nSPS) is 11.5. The van der Waals surface area contributed by atoms with Crippen molar-refractivity contribution in [3.8, 4) is 0 Å². The summed E-state index contributed by atoms with van der Waals surface area (Å²) in [6.07, 6.45) is 4.34. The first-order chi connectivity index (χ1) is 14.5. The summed E-state index contributed by atoms with van der Waals surface area (Å²) in [6, 6.07) is 3.65. The Labute approximate surface area is 174 Å². The van der Waals surface area contributed by atoms with Gasteiger partial charge in [0.2, 0.25) is 0 Å². The van der Waals surface area contributed by atoms with Gasteiger partial charge in [0.1, 0.15) is 0 Å². The molecule has 0 aliphatic heterocycles. The molecule has 0 saturated heterocycles. The molecule has 0 unspecified atom stereocenters. The minimum Gasteiger partial charge on any atom is -0.310 e. The van der Waals surface area contributed by atoms with Crippen molar-refractivity contribution in [2.45, 2.75) is 33.4 Å². The molecule has 0 amide bonds. The fourth-order valence-electron chi connectivity index (χ4n) is 3.26. The van der Waals surface area contributed by atoms with Crippen LogP contribution in [0.3, 0.4) is 0 Å². The van der Waals surface area contributed by atoms with Crippen molar-refractivity contribution in [1.82, 2.24) is 39.5 Å². The van der Waals surface area contributed by atoms with E-state index in [4.69, 9.17) is 0 Å². The molecule has 3 aromatic heterocycles. The maximum Gasteiger partial charge on any atom is 0.332 e. The molecule has 0 aromatic carbocycles. The van der Waals surface area contributed by atoms with E-state index in [0.717, 1.165) is 42.7 Å². The summed E-state index contributed by atoms with van der Waals surface area (Å²) >= 11 is 0. The monoisotopic (exact) mass is 412 g/mol. The van der Waals surface area contributed by atoms with Crippen molar-refractivity contribution in [2.24, 2.45) is 7.05 Å². The smallest absolute Gasteiger partial charge is 0.310 e. The van der Waals surface area contributed by atoms with Crippen molar-refractivity contribution in [3.05, 3.63) is 56.8 Å². The van der Waals surface area contributed by atoms with Crippen molar-refractivity contribution >= 4 is 11.2 Å². The first-order valence-corrected chi connectivity index (χ1v) is 10.2. The fourth-order valence-corrected chi connectivity index (χ4v) is 3.26. The average Bonchev–Trinajstić information content (AvgIpc) is 2.78. The summed E-state index contributed by atoms with van der Waals surface area (Å²) < 4.78 is 2.45. The summed E-state index contributed by atoms with van der Waals surface area (Å²) in [6.45, 7) is 8.87. The first kappa shape index (κ1) is 21.7. The molecular formula is C20H28N8O2. The minimum atomic E-state index is -0.477. The quantitative estimate of drug-likeness (QED) is 0.469. The molecule has 160 valence electrons. The molecule has 10 heteroatoms. The highest BCUT2D eigenvalue weighted by molar-refractivity contribution is 5.68. The van der Waals surface area contributed by atoms with Gasteiger partial charge in [-0.2, -0.15) is 0 Å². The van der Waals surface area contributed by atoms with Crippen LogP contribution in [0.15, 0.2) is 34.1 Å². The predicted octanol–water partition coefficient (Wildman–Crippen LogP) is 0.150. The van der Waals surface area contributed by atoms with Gasteiger partial charge in [-0.15, -0.1) is 10.2 Å². The Balaban J connectivity index is 1.79. The van der Waals surface area contributed by atoms with E-state index in [1.165, 1.54) is 11.6 Å². The molecule has 0 bridgehead atoms. The van der Waals surface area contributed by atoms with Crippen LogP contribution in [0.5, 0.6) is 0 Å². The zero-order chi connectivity index (χ0) is 21.5. The van der Waals surface area contributed by atoms with Crippen molar-refractivity contribution < 1.29 is 0 Å². The molecule has 30 heavy (non-hydrogen) atoms. The highest BCUT2D eigenvalue weighted by Gasteiger charge is 2.15. The second-order valence-corrected chi connectivity index (χ2v) is 7.05. The van der Waals surface area contributed by atoms with E-state index in [9.17, 15) is 9.59 Å². The van der Waals surface area contributed by atoms with E-state index in [-0.39, 0.29) is 17.7 Å². The van der Waals surface area contributed by atoms with E-state index < -0.39 is 11.2 Å². The Kier molecular flexibility index (Phi) is 7.36. The summed E-state index contributed by atoms with van der Waals surface area (Å²) in [7, 11) is 1.44. The Bertz CT molecular complexity index is 1090. The molecule has 0 aliphatic carbocycles. The number of fused-ring (bicyclic) bond motifs is 1. The number of hydrogen-bond acceptors (Lipinski definition) is 8. The molecule has 10 nitrogen and oxygen atoms in total. The van der Waals surface area contributed by atoms with Crippen LogP contribution in [0.1, 0.15) is 31.7 Å². The Hall–Kier alpha value is -2.98. The first-order valence-electron chi connectivity index (χ1n) is 10.2. The molecule has 0 radical (unpaired) electrons. The fraction of sp³-hybridized carbons (Fsp3) is 0.500. The Morgan fingerprint density at radius 3 is 2.67 bits per heavy atom. The van der Waals surface area contributed by atoms with Gasteiger partial charge in [-0.3, -0.25) is 18.9 Å². The molecule has 0 spiro atoms. The number of aromatic nitrogens is 6. The van der Waals surface area contributed by atoms with E-state index in [1.54, 1.807) is 18.5 Å². The molecule has 0 saturated carbocycles. The van der Waals surface area contributed by atoms with E-state index in [1.807, 2.05) is 6.07 Å². The lowest BCUT2D eigenvalue weighted by atomic mass is 10.3. The highest BCUT2D eigenvalue weighted by atomic mass is 16.2. The molecule has 1 N–H and O–H groups in total. The van der Waals surface area contributed by atoms with Crippen LogP contribution in [0.2, 0.25) is 0 Å². The average molecular weight is 412 g/mol. The summed E-state index contributed by atoms with van der Waals surface area (Å²) in [5.74, 6) is 0.425. The number of nitrogens with zero attached hydrogens (tertiary/aromatic N) is 7. The van der Waals surface area contributed by atoms with Gasteiger partial charge in [-0.05, 0) is 44.2 Å². The predicted molar refractivity (Wildman–Crippen MR) is 114 cm³/mol. The van der Waals surface area contributed by atoms with E-state index >= 15 is 0 Å². The van der Waals surface area contributed by atoms with Gasteiger partial charge < -0.3 is 10.2 Å². The number of hydrogen-bond donors (Lipinski definition) is 1. The maximum atomic E-state index is 12.6. The zero-order valence-corrected chi connectivity index (χ0v) is 17.7. The van der Waals surface area contributed by atoms with Crippen LogP contribution in [-0.4, -0.2) is 60.4 Å². The van der Waals surface area contributed by atoms with Crippen LogP contribution in [0, 0.1) is 0 Å². The third kappa shape index (κ3) is 4.95. The second kappa shape index (κ2) is 10.2. The Morgan fingerprint density at radius 2 is 1.97 bits per heavy atom. The van der Waals surface area contributed by atoms with Crippen LogP contribution in [0.25, 0.3) is 11.2 Å². The standard InChI is InChI=1S/C20H28N8O2/c1-4-27(5-2)11-7-10-22-13-16-23-17-18(25-24-16)28(20(30)26(3)19(17)29)14-15-8-6-9-21-12-15/h6,8-9,12,22H,4-5,7,10-11,13-14H2,1-3H3. The highest BCUT2D eigenvalue weighted by Crippen LogP contribution is 2.05. The number of nitrogens with one attached hydrogen (secondary N) is 1. The topological polar surface area (TPSA) is 111 Å². The van der Waals surface area contributed by atoms with Gasteiger partial charge >= 0.3 is 5.69 Å². The molecule has 3 aromatic rings. The lowest BCUT2D eigenvalue weighted by Crippen LogP contribution is -2.39. The molecule has 0 fully saturated rings. The van der Waals surface area contributed by atoms with Crippen LogP contribution in [0.4, 0.5) is 0 Å². The molecule has 0 atom stereocenters. The lowest BCUT2D eigenvalue weighted by molar-refractivity contribution is 0.297. The second-order valence-electron chi connectivity index (χ2n) is 7.05. The molecule has 3 rings (SSSR count). The van der Waals surface area contributed by atoms with E-state index in [2.05, 4.69) is 44.2 Å².